The van der Waals surface area contributed by atoms with Crippen molar-refractivity contribution in [2.45, 2.75) is 88.1 Å². The van der Waals surface area contributed by atoms with Crippen LogP contribution >= 0.6 is 11.6 Å². The van der Waals surface area contributed by atoms with Gasteiger partial charge in [0.25, 0.3) is 28.8 Å². The fraction of sp³-hybridized carbons (Fsp3) is 0.165. The van der Waals surface area contributed by atoms with Gasteiger partial charge in [-0.2, -0.15) is 20.2 Å². The molecule has 0 bridgehead atoms. The number of aromatic carboxylic acids is 4. The molecule has 0 aliphatic carbocycles. The number of para-hydroxylation sites is 2. The summed E-state index contributed by atoms with van der Waals surface area (Å²) in [5.41, 5.74) is 8.67. The molecule has 628 valence electrons. The zero-order chi connectivity index (χ0) is 89.1. The van der Waals surface area contributed by atoms with Crippen LogP contribution in [0.4, 0.5) is 22.7 Å². The molecular formula is C91H84ClN13O18. The van der Waals surface area contributed by atoms with E-state index in [0.29, 0.717) is 103 Å². The van der Waals surface area contributed by atoms with Crippen LogP contribution < -0.4 is 41.2 Å². The number of carbonyl (C=O) groups excluding carboxylic acids is 6. The summed E-state index contributed by atoms with van der Waals surface area (Å²) in [6.07, 6.45) is 13.7. The lowest BCUT2D eigenvalue weighted by Crippen LogP contribution is -2.39. The molecule has 0 spiro atoms. The highest BCUT2D eigenvalue weighted by Crippen LogP contribution is 2.32. The first-order valence-corrected chi connectivity index (χ1v) is 38.3. The molecule has 0 radical (unpaired) electrons. The molecule has 3 aromatic heterocycles. The van der Waals surface area contributed by atoms with Crippen molar-refractivity contribution in [3.8, 4) is 22.9 Å². The van der Waals surface area contributed by atoms with Crippen molar-refractivity contribution in [2.24, 2.45) is 15.6 Å². The van der Waals surface area contributed by atoms with Crippen molar-refractivity contribution in [2.75, 3.05) is 27.3 Å². The maximum absolute atomic E-state index is 13.6. The Morgan fingerprint density at radius 3 is 1.49 bits per heavy atom. The minimum Gasteiger partial charge on any atom is -0.493 e. The molecular weight excluding hydrogens is 1600 g/mol. The summed E-state index contributed by atoms with van der Waals surface area (Å²) in [7, 11) is 0. The first kappa shape index (κ1) is 89.6. The highest BCUT2D eigenvalue weighted by molar-refractivity contribution is 6.34. The predicted octanol–water partition coefficient (Wildman–Crippen LogP) is 14.9. The maximum atomic E-state index is 13.6. The van der Waals surface area contributed by atoms with Crippen molar-refractivity contribution in [3.05, 3.63) is 317 Å². The average molecular weight is 1680 g/mol. The van der Waals surface area contributed by atoms with Gasteiger partial charge in [0, 0.05) is 35.8 Å². The van der Waals surface area contributed by atoms with E-state index < -0.39 is 41.2 Å². The first-order chi connectivity index (χ1) is 58.6. The van der Waals surface area contributed by atoms with Gasteiger partial charge in [-0.25, -0.2) is 33.2 Å². The van der Waals surface area contributed by atoms with Crippen LogP contribution in [-0.2, 0) is 28.8 Å². The second-order valence-electron chi connectivity index (χ2n) is 28.8. The molecule has 2 aliphatic heterocycles. The zero-order valence-corrected chi connectivity index (χ0v) is 68.9. The monoisotopic (exact) mass is 1680 g/mol. The number of benzene rings is 8. The number of carbonyl (C=O) groups is 10. The van der Waals surface area contributed by atoms with Gasteiger partial charge in [-0.1, -0.05) is 110 Å². The number of carboxylic acids is 4. The Kier molecular flexibility index (Phi) is 29.2. The van der Waals surface area contributed by atoms with E-state index in [2.05, 4.69) is 41.3 Å². The van der Waals surface area contributed by atoms with Gasteiger partial charge in [0.2, 0.25) is 5.91 Å². The number of esters is 1. The number of ketones is 1. The fourth-order valence-electron chi connectivity index (χ4n) is 12.2. The summed E-state index contributed by atoms with van der Waals surface area (Å²) in [6, 6.07) is 49.0. The topological polar surface area (TPSA) is 432 Å². The molecule has 123 heavy (non-hydrogen) atoms. The van der Waals surface area contributed by atoms with E-state index in [-0.39, 0.29) is 80.0 Å². The Morgan fingerprint density at radius 2 is 1.01 bits per heavy atom. The van der Waals surface area contributed by atoms with Gasteiger partial charge >= 0.3 is 29.8 Å². The molecule has 5 heterocycles. The van der Waals surface area contributed by atoms with Crippen LogP contribution in [0.15, 0.2) is 255 Å². The molecule has 0 saturated heterocycles. The molecule has 11 aromatic rings. The van der Waals surface area contributed by atoms with E-state index in [4.69, 9.17) is 41.5 Å². The number of Topliss-reactive ketones (excluding diaryl/α,β-unsaturated/α-hetero) is 1. The third kappa shape index (κ3) is 22.7. The normalized spacial score (nSPS) is 13.4. The lowest BCUT2D eigenvalue weighted by Gasteiger charge is -2.24. The summed E-state index contributed by atoms with van der Waals surface area (Å²) in [6.45, 7) is 17.9. The van der Waals surface area contributed by atoms with Gasteiger partial charge in [-0.15, -0.1) is 5.10 Å². The van der Waals surface area contributed by atoms with Gasteiger partial charge in [-0.05, 0) is 223 Å². The van der Waals surface area contributed by atoms with Gasteiger partial charge < -0.3 is 40.5 Å². The number of halogens is 1. The Bertz CT molecular complexity index is 6260. The number of H-pyrrole nitrogens is 2. The Labute approximate surface area is 708 Å². The largest absolute Gasteiger partial charge is 0.493 e. The number of hydrogen-bond acceptors (Lipinski definition) is 18. The lowest BCUT2D eigenvalue weighted by molar-refractivity contribution is -0.136. The molecule has 2 aliphatic rings. The summed E-state index contributed by atoms with van der Waals surface area (Å²) in [5, 5.41) is 67.1. The van der Waals surface area contributed by atoms with E-state index in [1.54, 1.807) is 164 Å². The van der Waals surface area contributed by atoms with E-state index in [1.165, 1.54) is 116 Å². The van der Waals surface area contributed by atoms with E-state index in [1.807, 2.05) is 50.2 Å². The van der Waals surface area contributed by atoms with Crippen molar-refractivity contribution < 1.29 is 77.8 Å². The number of ether oxygens (including phenoxy) is 2. The standard InChI is InChI=1S/C31H34ClN5O4.C27H22N4O6.C25H20N4O6.C8H8O2/c1-19-12-15-26(20(2)17-19)41-16-8-11-27(38)33-21-13-14-22(32)24(18-21)34-30(40)28(29(39)31(3,4)5)37-25-10-7-6-9-23(25)35-36-37;1-16-22(24(32)30(28-16)20-12-8-18(9-13-20)26(34)35)6-4-3-5-7-23-17(2)29-31(25(23)33)21-14-10-19(11-15-21)27(36)37;1-14-20(22(30)28(26-14)18-10-6-16(7-11-18)24(32)33)4-3-5-21-15(2)27-29(23(21)31)19-12-8-17(9-13-19)25(34)35;1-7(9)10-8-5-3-2-4-6-8/h6-7,9-10,12-15,17-18,28H,8,11,16H2,1-5H3,(H,33,38)(H,34,40);3-15,28H,1-2H3,(H,34,35)(H,36,37);3-13,26H,1-2H3,(H,32,33)(H,34,35);2-6H,1H3/b;5-3+,6-4+,23-7?;4-3+,21-5?;. The SMILES string of the molecule is CC(=O)Oc1ccccc1.CC1=NN(c2ccc(C(=O)O)cc2)C(=O)C1=C/C=C/C=C/c1c(C)[nH]n(-c2ccc(C(=O)O)cc2)c1=O.CC1=NN(c2ccc(C(=O)O)cc2)C(=O)C1=C/C=C/c1c(C)[nH]n(-c2ccc(C(=O)O)cc2)c1=O.Cc1ccc(OCCCC(=O)Nc2ccc(Cl)c(NC(=O)C(C(=O)C(C)(C)C)n3nnc4ccccc43)c2)c(C)c1. The number of hydrogen-bond donors (Lipinski definition) is 8. The number of anilines is 4. The number of aromatic nitrogens is 7. The van der Waals surface area contributed by atoms with Gasteiger partial charge in [0.1, 0.15) is 17.0 Å². The van der Waals surface area contributed by atoms with Crippen LogP contribution in [0.25, 0.3) is 34.6 Å². The molecule has 8 aromatic carbocycles. The average Bonchev–Trinajstić information content (AvgIpc) is 1.78. The zero-order valence-electron chi connectivity index (χ0n) is 68.1. The highest BCUT2D eigenvalue weighted by atomic mass is 35.5. The molecule has 8 N–H and O–H groups in total. The summed E-state index contributed by atoms with van der Waals surface area (Å²) < 4.78 is 14.6. The number of fused-ring (bicyclic) bond motifs is 1. The molecule has 4 amide bonds. The van der Waals surface area contributed by atoms with Gasteiger partial charge in [-0.3, -0.25) is 48.6 Å². The van der Waals surface area contributed by atoms with Crippen LogP contribution in [0.3, 0.4) is 0 Å². The Hall–Kier alpha value is -15.8. The molecule has 32 heteroatoms. The highest BCUT2D eigenvalue weighted by Gasteiger charge is 2.39. The summed E-state index contributed by atoms with van der Waals surface area (Å²) in [5.74, 6) is -4.99. The molecule has 1 unspecified atom stereocenters. The predicted molar refractivity (Wildman–Crippen MR) is 466 cm³/mol. The smallest absolute Gasteiger partial charge is 0.335 e. The van der Waals surface area contributed by atoms with E-state index >= 15 is 0 Å². The number of aryl methyl sites for hydroxylation is 4. The number of allylic oxidation sites excluding steroid dienone is 6. The van der Waals surface area contributed by atoms with Crippen molar-refractivity contribution >= 4 is 128 Å². The Balaban J connectivity index is 0.000000183. The van der Waals surface area contributed by atoms with Crippen molar-refractivity contribution in [1.82, 2.24) is 34.6 Å². The second-order valence-corrected chi connectivity index (χ2v) is 29.2. The van der Waals surface area contributed by atoms with Crippen LogP contribution in [0.2, 0.25) is 5.02 Å². The number of hydrazone groups is 2. The van der Waals surface area contributed by atoms with Crippen LogP contribution in [0, 0.1) is 33.1 Å². The lowest BCUT2D eigenvalue weighted by atomic mass is 9.86. The fourth-order valence-corrected chi connectivity index (χ4v) is 12.4. The molecule has 31 nitrogen and oxygen atoms in total. The first-order valence-electron chi connectivity index (χ1n) is 38.0. The Morgan fingerprint density at radius 1 is 0.537 bits per heavy atom. The maximum Gasteiger partial charge on any atom is 0.335 e. The van der Waals surface area contributed by atoms with Crippen LogP contribution in [-0.4, -0.2) is 132 Å². The van der Waals surface area contributed by atoms with Crippen LogP contribution in [0.1, 0.15) is 135 Å². The summed E-state index contributed by atoms with van der Waals surface area (Å²) in [4.78, 5) is 145. The number of amides is 4. The van der Waals surface area contributed by atoms with E-state index in [0.717, 1.165) is 16.9 Å². The number of aromatic amines is 2. The third-order valence-electron chi connectivity index (χ3n) is 18.6. The molecule has 1 atom stereocenters. The van der Waals surface area contributed by atoms with Gasteiger partial charge in [0.05, 0.1) is 102 Å². The number of nitrogens with one attached hydrogen (secondary N) is 4. The minimum atomic E-state index is -1.28. The molecule has 0 saturated carbocycles. The van der Waals surface area contributed by atoms with Crippen molar-refractivity contribution in [3.63, 3.8) is 0 Å². The summed E-state index contributed by atoms with van der Waals surface area (Å²) >= 11 is 6.39. The number of nitrogens with zero attached hydrogens (tertiary/aromatic N) is 9. The number of rotatable bonds is 24. The van der Waals surface area contributed by atoms with Crippen LogP contribution in [0.5, 0.6) is 11.5 Å². The third-order valence-corrected chi connectivity index (χ3v) is 18.9. The second kappa shape index (κ2) is 40.1. The van der Waals surface area contributed by atoms with E-state index in [9.17, 15) is 57.5 Å². The number of carboxylic acid groups (broad SMARTS) is 4. The minimum absolute atomic E-state index is 0.102. The molecule has 13 rings (SSSR count). The van der Waals surface area contributed by atoms with Gasteiger partial charge in [0.15, 0.2) is 11.8 Å². The van der Waals surface area contributed by atoms with Crippen molar-refractivity contribution in [1.29, 1.82) is 0 Å². The quantitative estimate of drug-likeness (QED) is 0.00695. The molecule has 0 fully saturated rings.